The first kappa shape index (κ1) is 18.2. The number of hydrogen-bond acceptors (Lipinski definition) is 6. The van der Waals surface area contributed by atoms with Gasteiger partial charge in [-0.15, -0.1) is 11.3 Å². The fraction of sp³-hybridized carbons (Fsp3) is 0.250. The Hall–Kier alpha value is -2.61. The number of nitrogens with zero attached hydrogens (tertiary/aromatic N) is 2. The van der Waals surface area contributed by atoms with E-state index in [4.69, 9.17) is 9.84 Å². The number of aromatic nitrogens is 1. The van der Waals surface area contributed by atoms with E-state index in [1.165, 1.54) is 41.0 Å². The Morgan fingerprint density at radius 2 is 2.19 bits per heavy atom. The van der Waals surface area contributed by atoms with Crippen LogP contribution in [-0.2, 0) is 23.3 Å². The van der Waals surface area contributed by atoms with Crippen molar-refractivity contribution in [2.24, 2.45) is 0 Å². The molecule has 1 aliphatic heterocycles. The topological polar surface area (TPSA) is 109 Å². The second-order valence-corrected chi connectivity index (χ2v) is 8.11. The van der Waals surface area contributed by atoms with Gasteiger partial charge in [0.05, 0.1) is 37.1 Å². The Balaban J connectivity index is 1.80. The van der Waals surface area contributed by atoms with E-state index >= 15 is 0 Å². The SMILES string of the molecule is CC#Cc1nc2c(s1)CN(S(=O)(=O)Nc1ccc(C(=O)O)cc1OC)C2. The predicted octanol–water partition coefficient (Wildman–Crippen LogP) is 1.89. The standard InChI is InChI=1S/C16H15N3O5S2/c1-3-4-15-17-12-8-19(9-14(12)25-15)26(22,23)18-11-6-5-10(16(20)21)7-13(11)24-2/h5-7,18H,8-9H2,1-2H3,(H,20,21). The van der Waals surface area contributed by atoms with E-state index in [1.54, 1.807) is 6.92 Å². The summed E-state index contributed by atoms with van der Waals surface area (Å²) in [6.07, 6.45) is 0. The molecule has 1 aromatic carbocycles. The highest BCUT2D eigenvalue weighted by Crippen LogP contribution is 2.32. The lowest BCUT2D eigenvalue weighted by atomic mass is 10.2. The van der Waals surface area contributed by atoms with E-state index in [0.29, 0.717) is 10.7 Å². The van der Waals surface area contributed by atoms with Gasteiger partial charge in [0.25, 0.3) is 0 Å². The number of ether oxygens (including phenoxy) is 1. The molecule has 2 aromatic rings. The number of anilines is 1. The van der Waals surface area contributed by atoms with E-state index in [2.05, 4.69) is 21.5 Å². The van der Waals surface area contributed by atoms with Crippen LogP contribution in [-0.4, -0.2) is 35.9 Å². The number of carbonyl (C=O) groups is 1. The van der Waals surface area contributed by atoms with Crippen molar-refractivity contribution in [3.63, 3.8) is 0 Å². The maximum Gasteiger partial charge on any atom is 0.335 e. The maximum atomic E-state index is 12.7. The summed E-state index contributed by atoms with van der Waals surface area (Å²) in [5, 5.41) is 9.69. The van der Waals surface area contributed by atoms with Gasteiger partial charge in [-0.05, 0) is 31.0 Å². The van der Waals surface area contributed by atoms with Crippen LogP contribution in [0.15, 0.2) is 18.2 Å². The number of fused-ring (bicyclic) bond motifs is 1. The monoisotopic (exact) mass is 393 g/mol. The number of carboxylic acids is 1. The lowest BCUT2D eigenvalue weighted by Crippen LogP contribution is -2.31. The molecule has 1 aromatic heterocycles. The molecule has 0 saturated heterocycles. The molecular formula is C16H15N3O5S2. The van der Waals surface area contributed by atoms with Crippen LogP contribution in [0.5, 0.6) is 5.75 Å². The number of benzene rings is 1. The van der Waals surface area contributed by atoms with Gasteiger partial charge in [0.1, 0.15) is 5.75 Å². The summed E-state index contributed by atoms with van der Waals surface area (Å²) in [4.78, 5) is 16.2. The van der Waals surface area contributed by atoms with Crippen molar-refractivity contribution in [3.8, 4) is 17.6 Å². The van der Waals surface area contributed by atoms with Crippen molar-refractivity contribution >= 4 is 33.2 Å². The third-order valence-electron chi connectivity index (χ3n) is 3.68. The average molecular weight is 393 g/mol. The molecule has 0 atom stereocenters. The molecule has 8 nitrogen and oxygen atoms in total. The zero-order valence-corrected chi connectivity index (χ0v) is 15.6. The average Bonchev–Trinajstić information content (AvgIpc) is 3.14. The van der Waals surface area contributed by atoms with Gasteiger partial charge >= 0.3 is 16.2 Å². The highest BCUT2D eigenvalue weighted by Gasteiger charge is 2.32. The normalized spacial score (nSPS) is 13.6. The second-order valence-electron chi connectivity index (χ2n) is 5.36. The van der Waals surface area contributed by atoms with Crippen molar-refractivity contribution in [2.75, 3.05) is 11.8 Å². The third-order valence-corrected chi connectivity index (χ3v) is 6.10. The van der Waals surface area contributed by atoms with Crippen molar-refractivity contribution in [2.45, 2.75) is 20.0 Å². The zero-order valence-electron chi connectivity index (χ0n) is 13.9. The minimum absolute atomic E-state index is 0.00177. The lowest BCUT2D eigenvalue weighted by Gasteiger charge is -2.18. The Labute approximate surface area is 154 Å². The molecule has 0 bridgehead atoms. The molecule has 0 radical (unpaired) electrons. The summed E-state index contributed by atoms with van der Waals surface area (Å²) in [5.41, 5.74) is 0.867. The van der Waals surface area contributed by atoms with E-state index < -0.39 is 16.2 Å². The molecule has 26 heavy (non-hydrogen) atoms. The number of aromatic carboxylic acids is 1. The van der Waals surface area contributed by atoms with Crippen LogP contribution in [0.25, 0.3) is 0 Å². The molecule has 0 saturated carbocycles. The Morgan fingerprint density at radius 3 is 2.81 bits per heavy atom. The van der Waals surface area contributed by atoms with Crippen LogP contribution < -0.4 is 9.46 Å². The van der Waals surface area contributed by atoms with Crippen LogP contribution in [0.1, 0.15) is 32.9 Å². The van der Waals surface area contributed by atoms with Crippen LogP contribution in [0.3, 0.4) is 0 Å². The van der Waals surface area contributed by atoms with Crippen LogP contribution in [0.2, 0.25) is 0 Å². The van der Waals surface area contributed by atoms with Crippen LogP contribution >= 0.6 is 11.3 Å². The van der Waals surface area contributed by atoms with Crippen molar-refractivity contribution in [1.29, 1.82) is 0 Å². The summed E-state index contributed by atoms with van der Waals surface area (Å²) in [6.45, 7) is 2.08. The fourth-order valence-electron chi connectivity index (χ4n) is 2.46. The highest BCUT2D eigenvalue weighted by atomic mass is 32.2. The van der Waals surface area contributed by atoms with Gasteiger partial charge in [0.2, 0.25) is 0 Å². The minimum Gasteiger partial charge on any atom is -0.495 e. The summed E-state index contributed by atoms with van der Waals surface area (Å²) < 4.78 is 34.1. The quantitative estimate of drug-likeness (QED) is 0.751. The van der Waals surface area contributed by atoms with Crippen molar-refractivity contribution in [1.82, 2.24) is 9.29 Å². The van der Waals surface area contributed by atoms with E-state index in [-0.39, 0.29) is 30.1 Å². The molecule has 1 aliphatic rings. The molecular weight excluding hydrogens is 378 g/mol. The third kappa shape index (κ3) is 3.50. The summed E-state index contributed by atoms with van der Waals surface area (Å²) >= 11 is 1.38. The lowest BCUT2D eigenvalue weighted by molar-refractivity contribution is 0.0696. The number of rotatable bonds is 5. The molecule has 0 amide bonds. The zero-order chi connectivity index (χ0) is 18.9. The summed E-state index contributed by atoms with van der Waals surface area (Å²) in [5.74, 6) is 4.64. The maximum absolute atomic E-state index is 12.7. The number of hydrogen-bond donors (Lipinski definition) is 2. The smallest absolute Gasteiger partial charge is 0.335 e. The molecule has 2 heterocycles. The Bertz CT molecular complexity index is 1010. The van der Waals surface area contributed by atoms with Crippen LogP contribution in [0.4, 0.5) is 5.69 Å². The highest BCUT2D eigenvalue weighted by molar-refractivity contribution is 7.90. The van der Waals surface area contributed by atoms with E-state index in [0.717, 1.165) is 4.88 Å². The van der Waals surface area contributed by atoms with Gasteiger partial charge in [-0.2, -0.15) is 12.7 Å². The van der Waals surface area contributed by atoms with Gasteiger partial charge < -0.3 is 9.84 Å². The number of nitrogens with one attached hydrogen (secondary N) is 1. The largest absolute Gasteiger partial charge is 0.495 e. The predicted molar refractivity (Wildman–Crippen MR) is 96.4 cm³/mol. The van der Waals surface area contributed by atoms with Crippen molar-refractivity contribution in [3.05, 3.63) is 39.3 Å². The first-order chi connectivity index (χ1) is 12.3. The van der Waals surface area contributed by atoms with E-state index in [9.17, 15) is 13.2 Å². The molecule has 2 N–H and O–H groups in total. The molecule has 0 aliphatic carbocycles. The first-order valence-electron chi connectivity index (χ1n) is 7.44. The second kappa shape index (κ2) is 6.95. The Morgan fingerprint density at radius 1 is 1.42 bits per heavy atom. The van der Waals surface area contributed by atoms with Gasteiger partial charge in [-0.1, -0.05) is 5.92 Å². The molecule has 10 heteroatoms. The van der Waals surface area contributed by atoms with Gasteiger partial charge in [0.15, 0.2) is 5.01 Å². The molecule has 0 spiro atoms. The van der Waals surface area contributed by atoms with Gasteiger partial charge in [-0.3, -0.25) is 4.72 Å². The molecule has 0 unspecified atom stereocenters. The molecule has 0 fully saturated rings. The molecule has 3 rings (SSSR count). The Kier molecular flexibility index (Phi) is 4.86. The van der Waals surface area contributed by atoms with Crippen LogP contribution in [0, 0.1) is 11.8 Å². The van der Waals surface area contributed by atoms with Gasteiger partial charge in [0, 0.05) is 4.88 Å². The minimum atomic E-state index is -3.85. The molecule has 136 valence electrons. The van der Waals surface area contributed by atoms with Gasteiger partial charge in [-0.25, -0.2) is 9.78 Å². The first-order valence-corrected chi connectivity index (χ1v) is 9.70. The summed E-state index contributed by atoms with van der Waals surface area (Å²) in [6, 6.07) is 3.93. The number of carboxylic acid groups (broad SMARTS) is 1. The van der Waals surface area contributed by atoms with E-state index in [1.807, 2.05) is 0 Å². The fourth-order valence-corrected chi connectivity index (χ4v) is 4.70. The van der Waals surface area contributed by atoms with Crippen molar-refractivity contribution < 1.29 is 23.1 Å². The number of methoxy groups -OCH3 is 1. The summed E-state index contributed by atoms with van der Waals surface area (Å²) in [7, 11) is -2.52. The number of thiazole rings is 1.